The van der Waals surface area contributed by atoms with E-state index in [2.05, 4.69) is 15.5 Å². The maximum atomic E-state index is 12.1. The van der Waals surface area contributed by atoms with E-state index in [9.17, 15) is 9.90 Å². The molecule has 21 heavy (non-hydrogen) atoms. The van der Waals surface area contributed by atoms with Crippen molar-refractivity contribution in [1.82, 2.24) is 15.1 Å². The summed E-state index contributed by atoms with van der Waals surface area (Å²) in [4.78, 5) is 14.2. The minimum atomic E-state index is -0.787. The van der Waals surface area contributed by atoms with Crippen LogP contribution in [0.1, 0.15) is 51.5 Å². The molecule has 1 unspecified atom stereocenters. The number of aromatic nitrogens is 2. The van der Waals surface area contributed by atoms with Crippen molar-refractivity contribution in [3.63, 3.8) is 0 Å². The molecule has 0 aromatic carbocycles. The van der Waals surface area contributed by atoms with Crippen molar-refractivity contribution in [1.29, 1.82) is 0 Å². The summed E-state index contributed by atoms with van der Waals surface area (Å²) >= 11 is 1.41. The number of aliphatic hydroxyl groups is 1. The highest BCUT2D eigenvalue weighted by molar-refractivity contribution is 7.15. The van der Waals surface area contributed by atoms with Crippen LogP contribution in [-0.4, -0.2) is 50.8 Å². The van der Waals surface area contributed by atoms with E-state index in [0.29, 0.717) is 11.0 Å². The smallest absolute Gasteiger partial charge is 0.240 e. The van der Waals surface area contributed by atoms with Gasteiger partial charge in [0.05, 0.1) is 12.1 Å². The molecule has 2 heterocycles. The van der Waals surface area contributed by atoms with Crippen molar-refractivity contribution in [3.8, 4) is 0 Å². The number of rotatable bonds is 5. The van der Waals surface area contributed by atoms with Crippen molar-refractivity contribution in [2.24, 2.45) is 0 Å². The van der Waals surface area contributed by atoms with Gasteiger partial charge in [-0.2, -0.15) is 0 Å². The number of hydrogen-bond donors (Lipinski definition) is 2. The van der Waals surface area contributed by atoms with Gasteiger partial charge in [-0.3, -0.25) is 15.0 Å². The molecule has 1 aliphatic rings. The van der Waals surface area contributed by atoms with Gasteiger partial charge in [-0.1, -0.05) is 25.2 Å². The van der Waals surface area contributed by atoms with Crippen LogP contribution < -0.4 is 5.32 Å². The molecule has 1 fully saturated rings. The maximum absolute atomic E-state index is 12.1. The lowest BCUT2D eigenvalue weighted by atomic mass is 9.97. The van der Waals surface area contributed by atoms with Crippen LogP contribution >= 0.6 is 11.3 Å². The average molecular weight is 312 g/mol. The Bertz CT molecular complexity index is 495. The summed E-state index contributed by atoms with van der Waals surface area (Å²) in [5, 5.41) is 22.5. The molecule has 1 aromatic rings. The van der Waals surface area contributed by atoms with Crippen LogP contribution in [0, 0.1) is 0 Å². The highest BCUT2D eigenvalue weighted by Crippen LogP contribution is 2.27. The molecule has 1 amide bonds. The van der Waals surface area contributed by atoms with E-state index in [1.54, 1.807) is 13.8 Å². The van der Waals surface area contributed by atoms with Gasteiger partial charge in [-0.25, -0.2) is 0 Å². The monoisotopic (exact) mass is 312 g/mol. The number of nitrogens with one attached hydrogen (secondary N) is 1. The van der Waals surface area contributed by atoms with E-state index in [0.717, 1.165) is 24.4 Å². The summed E-state index contributed by atoms with van der Waals surface area (Å²) in [7, 11) is 0. The third-order valence-electron chi connectivity index (χ3n) is 3.71. The van der Waals surface area contributed by atoms with Gasteiger partial charge in [-0.05, 0) is 33.2 Å². The Morgan fingerprint density at radius 3 is 2.81 bits per heavy atom. The molecule has 1 saturated heterocycles. The molecular formula is C14H24N4O2S. The largest absolute Gasteiger partial charge is 0.389 e. The third-order valence-corrected chi connectivity index (χ3v) is 4.85. The van der Waals surface area contributed by atoms with Gasteiger partial charge in [0.1, 0.15) is 5.01 Å². The van der Waals surface area contributed by atoms with Crippen molar-refractivity contribution in [3.05, 3.63) is 5.01 Å². The first-order valence-corrected chi connectivity index (χ1v) is 8.18. The van der Waals surface area contributed by atoms with E-state index in [1.165, 1.54) is 11.3 Å². The number of hydrogen-bond acceptors (Lipinski definition) is 6. The van der Waals surface area contributed by atoms with Crippen molar-refractivity contribution in [2.45, 2.75) is 58.1 Å². The lowest BCUT2D eigenvalue weighted by Gasteiger charge is -2.33. The van der Waals surface area contributed by atoms with Crippen LogP contribution in [0.5, 0.6) is 0 Å². The van der Waals surface area contributed by atoms with Crippen LogP contribution in [0.15, 0.2) is 0 Å². The molecule has 1 atom stereocenters. The van der Waals surface area contributed by atoms with Crippen molar-refractivity contribution in [2.75, 3.05) is 18.4 Å². The normalized spacial score (nSPS) is 20.2. The fourth-order valence-electron chi connectivity index (χ4n) is 2.68. The molecule has 118 valence electrons. The molecular weight excluding hydrogens is 288 g/mol. The Morgan fingerprint density at radius 2 is 2.24 bits per heavy atom. The maximum Gasteiger partial charge on any atom is 0.240 e. The van der Waals surface area contributed by atoms with Crippen LogP contribution in [0.4, 0.5) is 5.13 Å². The Labute approximate surface area is 129 Å². The SMILES string of the molecule is CC(C)c1nnc(NC(=O)CN2CCCC2C(C)(C)O)s1. The first-order chi connectivity index (χ1) is 9.77. The summed E-state index contributed by atoms with van der Waals surface area (Å²) in [5.41, 5.74) is -0.787. The summed E-state index contributed by atoms with van der Waals surface area (Å²) in [6, 6.07) is 0.0314. The van der Waals surface area contributed by atoms with E-state index >= 15 is 0 Å². The summed E-state index contributed by atoms with van der Waals surface area (Å²) in [5.74, 6) is 0.212. The van der Waals surface area contributed by atoms with Gasteiger partial charge in [0, 0.05) is 12.0 Å². The zero-order valence-electron chi connectivity index (χ0n) is 13.1. The number of anilines is 1. The van der Waals surface area contributed by atoms with Crippen LogP contribution in [-0.2, 0) is 4.79 Å². The van der Waals surface area contributed by atoms with Gasteiger partial charge in [0.2, 0.25) is 11.0 Å². The zero-order chi connectivity index (χ0) is 15.6. The highest BCUT2D eigenvalue weighted by Gasteiger charge is 2.36. The quantitative estimate of drug-likeness (QED) is 0.867. The first-order valence-electron chi connectivity index (χ1n) is 7.37. The average Bonchev–Trinajstić information content (AvgIpc) is 2.96. The number of nitrogens with zero attached hydrogens (tertiary/aromatic N) is 3. The van der Waals surface area contributed by atoms with Gasteiger partial charge >= 0.3 is 0 Å². The molecule has 0 saturated carbocycles. The Hall–Kier alpha value is -1.05. The van der Waals surface area contributed by atoms with Crippen LogP contribution in [0.3, 0.4) is 0 Å². The zero-order valence-corrected chi connectivity index (χ0v) is 13.9. The Morgan fingerprint density at radius 1 is 1.52 bits per heavy atom. The number of carbonyl (C=O) groups excluding carboxylic acids is 1. The van der Waals surface area contributed by atoms with Crippen molar-refractivity contribution < 1.29 is 9.90 Å². The third kappa shape index (κ3) is 4.21. The van der Waals surface area contributed by atoms with E-state index in [-0.39, 0.29) is 18.5 Å². The predicted octanol–water partition coefficient (Wildman–Crippen LogP) is 1.84. The second-order valence-corrected chi connectivity index (χ2v) is 7.44. The molecule has 1 aliphatic heterocycles. The molecule has 0 aliphatic carbocycles. The standard InChI is InChI=1S/C14H24N4O2S/c1-9(2)12-16-17-13(21-12)15-11(19)8-18-7-5-6-10(18)14(3,4)20/h9-10,20H,5-8H2,1-4H3,(H,15,17,19). The molecule has 0 bridgehead atoms. The molecule has 0 radical (unpaired) electrons. The summed E-state index contributed by atoms with van der Waals surface area (Å²) in [6.07, 6.45) is 1.94. The minimum absolute atomic E-state index is 0.0314. The van der Waals surface area contributed by atoms with E-state index < -0.39 is 5.60 Å². The van der Waals surface area contributed by atoms with Gasteiger partial charge in [-0.15, -0.1) is 10.2 Å². The van der Waals surface area contributed by atoms with Gasteiger partial charge in [0.15, 0.2) is 0 Å². The lowest BCUT2D eigenvalue weighted by Crippen LogP contribution is -2.48. The number of amides is 1. The fourth-order valence-corrected chi connectivity index (χ4v) is 3.44. The second-order valence-electron chi connectivity index (χ2n) is 6.43. The molecule has 7 heteroatoms. The Kier molecular flexibility index (Phi) is 4.95. The number of likely N-dealkylation sites (tertiary alicyclic amines) is 1. The van der Waals surface area contributed by atoms with Crippen molar-refractivity contribution >= 4 is 22.4 Å². The van der Waals surface area contributed by atoms with Crippen LogP contribution in [0.2, 0.25) is 0 Å². The minimum Gasteiger partial charge on any atom is -0.389 e. The summed E-state index contributed by atoms with van der Waals surface area (Å²) in [6.45, 7) is 8.82. The second kappa shape index (κ2) is 6.37. The van der Waals surface area contributed by atoms with Crippen LogP contribution in [0.25, 0.3) is 0 Å². The predicted molar refractivity (Wildman–Crippen MR) is 83.5 cm³/mol. The molecule has 1 aromatic heterocycles. The fraction of sp³-hybridized carbons (Fsp3) is 0.786. The first kappa shape index (κ1) is 16.3. The number of carbonyl (C=O) groups is 1. The Balaban J connectivity index is 1.92. The van der Waals surface area contributed by atoms with E-state index in [4.69, 9.17) is 0 Å². The molecule has 2 rings (SSSR count). The summed E-state index contributed by atoms with van der Waals surface area (Å²) < 4.78 is 0. The molecule has 0 spiro atoms. The van der Waals surface area contributed by atoms with Gasteiger partial charge < -0.3 is 5.11 Å². The lowest BCUT2D eigenvalue weighted by molar-refractivity contribution is -0.118. The highest BCUT2D eigenvalue weighted by atomic mass is 32.1. The molecule has 6 nitrogen and oxygen atoms in total. The van der Waals surface area contributed by atoms with Gasteiger partial charge in [0.25, 0.3) is 0 Å². The van der Waals surface area contributed by atoms with E-state index in [1.807, 2.05) is 18.7 Å². The topological polar surface area (TPSA) is 78.4 Å². The molecule has 2 N–H and O–H groups in total.